The standard InChI is InChI=1S/C14H19Br2N/c15-10-14-4-2-1-3-9-17(14)11-12-5-7-13(16)8-6-12/h5-8,14H,1-4,9-11H2. The average molecular weight is 361 g/mol. The largest absolute Gasteiger partial charge is 0.295 e. The first-order chi connectivity index (χ1) is 8.29. The third-order valence-corrected chi connectivity index (χ3v) is 4.75. The molecule has 1 aliphatic heterocycles. The van der Waals surface area contributed by atoms with Crippen molar-refractivity contribution in [1.29, 1.82) is 0 Å². The minimum atomic E-state index is 0.709. The van der Waals surface area contributed by atoms with Gasteiger partial charge in [0.1, 0.15) is 0 Å². The molecule has 1 aliphatic rings. The fourth-order valence-electron chi connectivity index (χ4n) is 2.44. The highest BCUT2D eigenvalue weighted by Gasteiger charge is 2.19. The van der Waals surface area contributed by atoms with Crippen molar-refractivity contribution in [2.75, 3.05) is 11.9 Å². The van der Waals surface area contributed by atoms with Gasteiger partial charge in [-0.1, -0.05) is 56.8 Å². The monoisotopic (exact) mass is 359 g/mol. The molecule has 2 rings (SSSR count). The maximum absolute atomic E-state index is 3.66. The van der Waals surface area contributed by atoms with Gasteiger partial charge >= 0.3 is 0 Å². The quantitative estimate of drug-likeness (QED) is 0.712. The molecular formula is C14H19Br2N. The Bertz CT molecular complexity index is 337. The molecule has 1 unspecified atom stereocenters. The van der Waals surface area contributed by atoms with E-state index in [0.29, 0.717) is 6.04 Å². The number of halogens is 2. The van der Waals surface area contributed by atoms with Crippen molar-refractivity contribution < 1.29 is 0 Å². The highest BCUT2D eigenvalue weighted by Crippen LogP contribution is 2.21. The van der Waals surface area contributed by atoms with Crippen LogP contribution in [0.25, 0.3) is 0 Å². The van der Waals surface area contributed by atoms with Crippen molar-refractivity contribution in [3.8, 4) is 0 Å². The first-order valence-electron chi connectivity index (χ1n) is 6.34. The third kappa shape index (κ3) is 4.08. The number of hydrogen-bond donors (Lipinski definition) is 0. The molecule has 94 valence electrons. The van der Waals surface area contributed by atoms with Gasteiger partial charge in [0.05, 0.1) is 0 Å². The van der Waals surface area contributed by atoms with Gasteiger partial charge in [-0.2, -0.15) is 0 Å². The van der Waals surface area contributed by atoms with Crippen molar-refractivity contribution >= 4 is 31.9 Å². The predicted molar refractivity (Wildman–Crippen MR) is 80.6 cm³/mol. The second-order valence-corrected chi connectivity index (χ2v) is 6.32. The molecule has 0 spiro atoms. The van der Waals surface area contributed by atoms with E-state index in [1.807, 2.05) is 0 Å². The highest BCUT2D eigenvalue weighted by molar-refractivity contribution is 9.10. The third-order valence-electron chi connectivity index (χ3n) is 3.48. The Labute approximate surface area is 121 Å². The van der Waals surface area contributed by atoms with Crippen LogP contribution < -0.4 is 0 Å². The Hall–Kier alpha value is 0.140. The van der Waals surface area contributed by atoms with Crippen molar-refractivity contribution in [2.45, 2.75) is 38.3 Å². The van der Waals surface area contributed by atoms with Crippen LogP contribution in [-0.2, 0) is 6.54 Å². The summed E-state index contributed by atoms with van der Waals surface area (Å²) in [5, 5.41) is 1.10. The zero-order chi connectivity index (χ0) is 12.1. The van der Waals surface area contributed by atoms with Crippen molar-refractivity contribution in [1.82, 2.24) is 4.90 Å². The van der Waals surface area contributed by atoms with Crippen LogP contribution in [0.1, 0.15) is 31.2 Å². The molecule has 1 nitrogen and oxygen atoms in total. The lowest BCUT2D eigenvalue weighted by Crippen LogP contribution is -2.35. The lowest BCUT2D eigenvalue weighted by molar-refractivity contribution is 0.209. The van der Waals surface area contributed by atoms with E-state index in [1.54, 1.807) is 0 Å². The van der Waals surface area contributed by atoms with Crippen LogP contribution in [-0.4, -0.2) is 22.8 Å². The SMILES string of the molecule is BrCC1CCCCCN1Cc1ccc(Br)cc1. The second-order valence-electron chi connectivity index (χ2n) is 4.75. The summed E-state index contributed by atoms with van der Waals surface area (Å²) in [6.07, 6.45) is 5.45. The average Bonchev–Trinajstić information content (AvgIpc) is 2.57. The Balaban J connectivity index is 2.01. The van der Waals surface area contributed by atoms with Crippen molar-refractivity contribution in [3.05, 3.63) is 34.3 Å². The van der Waals surface area contributed by atoms with Crippen LogP contribution >= 0.6 is 31.9 Å². The van der Waals surface area contributed by atoms with E-state index in [-0.39, 0.29) is 0 Å². The molecule has 0 saturated carbocycles. The molecule has 1 fully saturated rings. The molecular weight excluding hydrogens is 342 g/mol. The molecule has 1 atom stereocenters. The van der Waals surface area contributed by atoms with Crippen molar-refractivity contribution in [2.24, 2.45) is 0 Å². The van der Waals surface area contributed by atoms with Gasteiger partial charge in [0.2, 0.25) is 0 Å². The summed E-state index contributed by atoms with van der Waals surface area (Å²) < 4.78 is 1.16. The van der Waals surface area contributed by atoms with E-state index in [4.69, 9.17) is 0 Å². The molecule has 0 aromatic heterocycles. The Morgan fingerprint density at radius 1 is 1.12 bits per heavy atom. The summed E-state index contributed by atoms with van der Waals surface area (Å²) in [6.45, 7) is 2.33. The molecule has 1 heterocycles. The maximum Gasteiger partial charge on any atom is 0.0237 e. The van der Waals surface area contributed by atoms with Gasteiger partial charge in [0.25, 0.3) is 0 Å². The smallest absolute Gasteiger partial charge is 0.0237 e. The Kier molecular flexibility index (Phi) is 5.51. The van der Waals surface area contributed by atoms with Crippen LogP contribution in [0.2, 0.25) is 0 Å². The zero-order valence-corrected chi connectivity index (χ0v) is 13.2. The molecule has 3 heteroatoms. The van der Waals surface area contributed by atoms with Crippen LogP contribution in [0.5, 0.6) is 0 Å². The van der Waals surface area contributed by atoms with Crippen LogP contribution in [0.3, 0.4) is 0 Å². The molecule has 0 amide bonds. The minimum Gasteiger partial charge on any atom is -0.295 e. The van der Waals surface area contributed by atoms with E-state index < -0.39 is 0 Å². The lowest BCUT2D eigenvalue weighted by Gasteiger charge is -2.28. The van der Waals surface area contributed by atoms with Gasteiger partial charge in [-0.05, 0) is 37.1 Å². The number of benzene rings is 1. The first-order valence-corrected chi connectivity index (χ1v) is 8.25. The van der Waals surface area contributed by atoms with E-state index in [2.05, 4.69) is 61.0 Å². The number of alkyl halides is 1. The summed E-state index contributed by atoms with van der Waals surface area (Å²) in [5.74, 6) is 0. The van der Waals surface area contributed by atoms with E-state index in [0.717, 1.165) is 16.3 Å². The van der Waals surface area contributed by atoms with Gasteiger partial charge < -0.3 is 0 Å². The molecule has 0 N–H and O–H groups in total. The molecule has 0 radical (unpaired) electrons. The summed E-state index contributed by atoms with van der Waals surface area (Å²) >= 11 is 7.15. The fraction of sp³-hybridized carbons (Fsp3) is 0.571. The summed E-state index contributed by atoms with van der Waals surface area (Å²) in [4.78, 5) is 2.63. The summed E-state index contributed by atoms with van der Waals surface area (Å²) in [7, 11) is 0. The van der Waals surface area contributed by atoms with E-state index in [9.17, 15) is 0 Å². The van der Waals surface area contributed by atoms with Gasteiger partial charge in [-0.25, -0.2) is 0 Å². The second kappa shape index (κ2) is 6.91. The molecule has 1 aromatic rings. The molecule has 1 aromatic carbocycles. The van der Waals surface area contributed by atoms with Gasteiger partial charge in [-0.3, -0.25) is 4.90 Å². The Morgan fingerprint density at radius 2 is 1.88 bits per heavy atom. The van der Waals surface area contributed by atoms with E-state index >= 15 is 0 Å². The zero-order valence-electron chi connectivity index (χ0n) is 10.0. The molecule has 17 heavy (non-hydrogen) atoms. The minimum absolute atomic E-state index is 0.709. The highest BCUT2D eigenvalue weighted by atomic mass is 79.9. The molecule has 0 aliphatic carbocycles. The lowest BCUT2D eigenvalue weighted by atomic mass is 10.1. The number of rotatable bonds is 3. The van der Waals surface area contributed by atoms with Crippen LogP contribution in [0, 0.1) is 0 Å². The topological polar surface area (TPSA) is 3.24 Å². The van der Waals surface area contributed by atoms with E-state index in [1.165, 1.54) is 37.8 Å². The van der Waals surface area contributed by atoms with Crippen LogP contribution in [0.4, 0.5) is 0 Å². The predicted octanol–water partition coefficient (Wildman–Crippen LogP) is 4.59. The van der Waals surface area contributed by atoms with Crippen LogP contribution in [0.15, 0.2) is 28.7 Å². The first kappa shape index (κ1) is 13.6. The summed E-state index contributed by atoms with van der Waals surface area (Å²) in [6, 6.07) is 9.42. The Morgan fingerprint density at radius 3 is 2.59 bits per heavy atom. The van der Waals surface area contributed by atoms with Gasteiger partial charge in [-0.15, -0.1) is 0 Å². The number of hydrogen-bond acceptors (Lipinski definition) is 1. The number of nitrogens with zero attached hydrogens (tertiary/aromatic N) is 1. The van der Waals surface area contributed by atoms with Gasteiger partial charge in [0, 0.05) is 22.4 Å². The normalized spacial score (nSPS) is 22.4. The maximum atomic E-state index is 3.66. The summed E-state index contributed by atoms with van der Waals surface area (Å²) in [5.41, 5.74) is 1.42. The fourth-order valence-corrected chi connectivity index (χ4v) is 3.44. The van der Waals surface area contributed by atoms with Crippen molar-refractivity contribution in [3.63, 3.8) is 0 Å². The molecule has 1 saturated heterocycles. The molecule has 0 bridgehead atoms. The number of likely N-dealkylation sites (tertiary alicyclic amines) is 1. The van der Waals surface area contributed by atoms with Gasteiger partial charge in [0.15, 0.2) is 0 Å².